The molecule has 0 saturated heterocycles. The highest BCUT2D eigenvalue weighted by molar-refractivity contribution is 5.42. The van der Waals surface area contributed by atoms with Gasteiger partial charge in [0, 0.05) is 0 Å². The first kappa shape index (κ1) is 14.6. The van der Waals surface area contributed by atoms with Gasteiger partial charge < -0.3 is 4.74 Å². The maximum Gasteiger partial charge on any atom is 0.130 e. The van der Waals surface area contributed by atoms with Crippen LogP contribution in [0.15, 0.2) is 48.5 Å². The summed E-state index contributed by atoms with van der Waals surface area (Å²) in [6, 6.07) is 16.6. The van der Waals surface area contributed by atoms with Crippen LogP contribution in [0.25, 0.3) is 0 Å². The van der Waals surface area contributed by atoms with E-state index in [1.54, 1.807) is 0 Å². The molecule has 2 aromatic rings. The summed E-state index contributed by atoms with van der Waals surface area (Å²) in [5.74, 6) is 1.87. The lowest BCUT2D eigenvalue weighted by Crippen LogP contribution is -2.11. The van der Waals surface area contributed by atoms with E-state index in [1.807, 2.05) is 30.3 Å². The van der Waals surface area contributed by atoms with Gasteiger partial charge in [-0.15, -0.1) is 0 Å². The Morgan fingerprint density at radius 3 is 2.25 bits per heavy atom. The molecule has 20 heavy (non-hydrogen) atoms. The zero-order chi connectivity index (χ0) is 14.6. The number of benzene rings is 2. The number of rotatable bonds is 4. The van der Waals surface area contributed by atoms with E-state index in [0.717, 1.165) is 24.3 Å². The first-order valence-corrected chi connectivity index (χ1v) is 7.37. The third kappa shape index (κ3) is 3.63. The molecule has 0 atom stereocenters. The molecule has 0 bridgehead atoms. The minimum Gasteiger partial charge on any atom is -0.457 e. The van der Waals surface area contributed by atoms with Crippen LogP contribution >= 0.6 is 0 Å². The highest BCUT2D eigenvalue weighted by atomic mass is 16.5. The normalized spacial score (nSPS) is 11.4. The predicted octanol–water partition coefficient (Wildman–Crippen LogP) is 5.73. The first-order chi connectivity index (χ1) is 9.50. The fraction of sp³-hybridized carbons (Fsp3) is 0.368. The number of aryl methyl sites for hydroxylation is 1. The molecule has 0 aliphatic rings. The van der Waals surface area contributed by atoms with E-state index in [-0.39, 0.29) is 5.41 Å². The second-order valence-electron chi connectivity index (χ2n) is 6.24. The Balaban J connectivity index is 2.33. The van der Waals surface area contributed by atoms with Gasteiger partial charge in [-0.2, -0.15) is 0 Å². The van der Waals surface area contributed by atoms with Gasteiger partial charge in [0.15, 0.2) is 0 Å². The monoisotopic (exact) mass is 268 g/mol. The average molecular weight is 268 g/mol. The fourth-order valence-electron chi connectivity index (χ4n) is 2.23. The molecule has 0 unspecified atom stereocenters. The summed E-state index contributed by atoms with van der Waals surface area (Å²) < 4.78 is 6.03. The molecule has 1 nitrogen and oxygen atoms in total. The third-order valence-corrected chi connectivity index (χ3v) is 3.42. The second kappa shape index (κ2) is 6.13. The Morgan fingerprint density at radius 2 is 1.65 bits per heavy atom. The molecule has 2 rings (SSSR count). The van der Waals surface area contributed by atoms with Gasteiger partial charge in [0.05, 0.1) is 0 Å². The van der Waals surface area contributed by atoms with Crippen molar-refractivity contribution in [1.82, 2.24) is 0 Å². The molecule has 0 amide bonds. The molecule has 0 aliphatic heterocycles. The Kier molecular flexibility index (Phi) is 4.49. The smallest absolute Gasteiger partial charge is 0.130 e. The predicted molar refractivity (Wildman–Crippen MR) is 85.7 cm³/mol. The summed E-state index contributed by atoms with van der Waals surface area (Å²) >= 11 is 0. The minimum absolute atomic E-state index is 0.174. The number of ether oxygens (including phenoxy) is 1. The van der Waals surface area contributed by atoms with Gasteiger partial charge >= 0.3 is 0 Å². The van der Waals surface area contributed by atoms with Crippen molar-refractivity contribution >= 4 is 0 Å². The average Bonchev–Trinajstić information content (AvgIpc) is 2.41. The van der Waals surface area contributed by atoms with Crippen LogP contribution in [0, 0.1) is 0 Å². The Hall–Kier alpha value is -1.76. The van der Waals surface area contributed by atoms with Crippen LogP contribution in [0.1, 0.15) is 45.2 Å². The Morgan fingerprint density at radius 1 is 0.950 bits per heavy atom. The summed E-state index contributed by atoms with van der Waals surface area (Å²) in [7, 11) is 0. The van der Waals surface area contributed by atoms with Gasteiger partial charge in [-0.05, 0) is 41.2 Å². The molecule has 2 aromatic carbocycles. The number of hydrogen-bond acceptors (Lipinski definition) is 1. The maximum atomic E-state index is 6.03. The van der Waals surface area contributed by atoms with Crippen LogP contribution in [0.3, 0.4) is 0 Å². The van der Waals surface area contributed by atoms with Gasteiger partial charge in [0.1, 0.15) is 11.5 Å². The van der Waals surface area contributed by atoms with Crippen molar-refractivity contribution in [3.63, 3.8) is 0 Å². The van der Waals surface area contributed by atoms with E-state index in [1.165, 1.54) is 11.1 Å². The van der Waals surface area contributed by atoms with Crippen molar-refractivity contribution in [2.45, 2.75) is 46.0 Å². The summed E-state index contributed by atoms with van der Waals surface area (Å²) in [4.78, 5) is 0. The zero-order valence-electron chi connectivity index (χ0n) is 12.9. The van der Waals surface area contributed by atoms with Gasteiger partial charge in [-0.1, -0.05) is 64.4 Å². The van der Waals surface area contributed by atoms with E-state index in [2.05, 4.69) is 45.9 Å². The highest BCUT2D eigenvalue weighted by Gasteiger charge is 2.16. The lowest BCUT2D eigenvalue weighted by atomic mass is 9.85. The Bertz CT molecular complexity index is 550. The topological polar surface area (TPSA) is 9.23 Å². The molecule has 0 aliphatic carbocycles. The Labute approximate surface area is 122 Å². The summed E-state index contributed by atoms with van der Waals surface area (Å²) in [5, 5.41) is 0. The van der Waals surface area contributed by atoms with Gasteiger partial charge in [0.2, 0.25) is 0 Å². The number of para-hydroxylation sites is 1. The molecule has 1 heteroatoms. The molecule has 106 valence electrons. The van der Waals surface area contributed by atoms with Crippen molar-refractivity contribution in [3.05, 3.63) is 59.7 Å². The van der Waals surface area contributed by atoms with Gasteiger partial charge in [-0.3, -0.25) is 0 Å². The SMILES string of the molecule is CCCc1cc(C(C)(C)C)ccc1Oc1ccccc1. The van der Waals surface area contributed by atoms with E-state index in [0.29, 0.717) is 0 Å². The lowest BCUT2D eigenvalue weighted by molar-refractivity contribution is 0.474. The second-order valence-corrected chi connectivity index (χ2v) is 6.24. The minimum atomic E-state index is 0.174. The maximum absolute atomic E-state index is 6.03. The quantitative estimate of drug-likeness (QED) is 0.688. The van der Waals surface area contributed by atoms with Crippen LogP contribution in [-0.2, 0) is 11.8 Å². The third-order valence-electron chi connectivity index (χ3n) is 3.42. The molecular formula is C19H24O. The van der Waals surface area contributed by atoms with Crippen LogP contribution < -0.4 is 4.74 Å². The van der Waals surface area contributed by atoms with Crippen molar-refractivity contribution in [3.8, 4) is 11.5 Å². The van der Waals surface area contributed by atoms with Crippen LogP contribution in [-0.4, -0.2) is 0 Å². The lowest BCUT2D eigenvalue weighted by Gasteiger charge is -2.21. The molecule has 0 aromatic heterocycles. The zero-order valence-corrected chi connectivity index (χ0v) is 12.9. The molecule has 0 N–H and O–H groups in total. The van der Waals surface area contributed by atoms with Crippen molar-refractivity contribution in [2.24, 2.45) is 0 Å². The van der Waals surface area contributed by atoms with Crippen LogP contribution in [0.2, 0.25) is 0 Å². The molecular weight excluding hydrogens is 244 g/mol. The molecule has 0 spiro atoms. The van der Waals surface area contributed by atoms with Crippen LogP contribution in [0.5, 0.6) is 11.5 Å². The fourth-order valence-corrected chi connectivity index (χ4v) is 2.23. The summed E-state index contributed by atoms with van der Waals surface area (Å²) in [6.07, 6.45) is 2.17. The standard InChI is InChI=1S/C19H24O/c1-5-9-15-14-16(19(2,3)4)12-13-18(15)20-17-10-7-6-8-11-17/h6-8,10-14H,5,9H2,1-4H3. The van der Waals surface area contributed by atoms with E-state index >= 15 is 0 Å². The summed E-state index contributed by atoms with van der Waals surface area (Å²) in [5.41, 5.74) is 2.83. The van der Waals surface area contributed by atoms with Gasteiger partial charge in [0.25, 0.3) is 0 Å². The van der Waals surface area contributed by atoms with E-state index in [4.69, 9.17) is 4.74 Å². The largest absolute Gasteiger partial charge is 0.457 e. The van der Waals surface area contributed by atoms with Crippen molar-refractivity contribution < 1.29 is 4.74 Å². The van der Waals surface area contributed by atoms with Gasteiger partial charge in [-0.25, -0.2) is 0 Å². The molecule has 0 fully saturated rings. The van der Waals surface area contributed by atoms with E-state index in [9.17, 15) is 0 Å². The van der Waals surface area contributed by atoms with Crippen molar-refractivity contribution in [2.75, 3.05) is 0 Å². The molecule has 0 radical (unpaired) electrons. The summed E-state index contributed by atoms with van der Waals surface area (Å²) in [6.45, 7) is 8.94. The number of hydrogen-bond donors (Lipinski definition) is 0. The molecule has 0 heterocycles. The highest BCUT2D eigenvalue weighted by Crippen LogP contribution is 2.31. The molecule has 0 saturated carbocycles. The van der Waals surface area contributed by atoms with E-state index < -0.39 is 0 Å². The van der Waals surface area contributed by atoms with Crippen molar-refractivity contribution in [1.29, 1.82) is 0 Å². The van der Waals surface area contributed by atoms with Crippen LogP contribution in [0.4, 0.5) is 0 Å². The first-order valence-electron chi connectivity index (χ1n) is 7.37.